The minimum absolute atomic E-state index is 0.581. The molecule has 0 aliphatic carbocycles. The number of nitrogens with one attached hydrogen (secondary N) is 1. The van der Waals surface area contributed by atoms with Crippen LogP contribution >= 0.6 is 15.9 Å². The molecular weight excluding hydrogens is 298 g/mol. The predicted molar refractivity (Wildman–Crippen MR) is 86.8 cm³/mol. The van der Waals surface area contributed by atoms with Crippen LogP contribution in [0.3, 0.4) is 0 Å². The van der Waals surface area contributed by atoms with E-state index in [0.29, 0.717) is 5.92 Å². The minimum Gasteiger partial charge on any atom is -0.384 e. The Labute approximate surface area is 124 Å². The van der Waals surface area contributed by atoms with Crippen molar-refractivity contribution in [1.82, 2.24) is 0 Å². The molecule has 0 radical (unpaired) electrons. The zero-order valence-corrected chi connectivity index (χ0v) is 13.1. The van der Waals surface area contributed by atoms with Crippen molar-refractivity contribution in [2.24, 2.45) is 0 Å². The average Bonchev–Trinajstić information content (AvgIpc) is 2.44. The topological polar surface area (TPSA) is 12.0 Å². The number of halogens is 1. The summed E-state index contributed by atoms with van der Waals surface area (Å²) in [5.41, 5.74) is 3.86. The summed E-state index contributed by atoms with van der Waals surface area (Å²) in [5, 5.41) is 3.51. The second-order valence-corrected chi connectivity index (χ2v) is 5.76. The van der Waals surface area contributed by atoms with E-state index in [-0.39, 0.29) is 0 Å². The van der Waals surface area contributed by atoms with E-state index in [0.717, 1.165) is 13.0 Å². The normalized spacial score (nSPS) is 12.2. The molecule has 2 heteroatoms. The lowest BCUT2D eigenvalue weighted by Gasteiger charge is -2.14. The molecule has 0 aliphatic heterocycles. The van der Waals surface area contributed by atoms with Crippen LogP contribution in [-0.4, -0.2) is 6.54 Å². The van der Waals surface area contributed by atoms with Gasteiger partial charge in [-0.2, -0.15) is 0 Å². The first-order chi connectivity index (χ1) is 9.18. The average molecular weight is 318 g/mol. The summed E-state index contributed by atoms with van der Waals surface area (Å²) in [5.74, 6) is 0.581. The molecule has 1 atom stereocenters. The van der Waals surface area contributed by atoms with Crippen LogP contribution < -0.4 is 5.32 Å². The molecule has 0 amide bonds. The van der Waals surface area contributed by atoms with Gasteiger partial charge in [0, 0.05) is 16.7 Å². The van der Waals surface area contributed by atoms with Crippen molar-refractivity contribution in [3.63, 3.8) is 0 Å². The number of hydrogen-bond donors (Lipinski definition) is 1. The van der Waals surface area contributed by atoms with E-state index in [1.165, 1.54) is 21.3 Å². The number of aryl methyl sites for hydroxylation is 1. The Hall–Kier alpha value is -1.28. The van der Waals surface area contributed by atoms with Gasteiger partial charge >= 0.3 is 0 Å². The first kappa shape index (κ1) is 14.1. The molecule has 0 fully saturated rings. The summed E-state index contributed by atoms with van der Waals surface area (Å²) in [6.45, 7) is 5.38. The van der Waals surface area contributed by atoms with Gasteiger partial charge in [-0.05, 0) is 52.4 Å². The monoisotopic (exact) mass is 317 g/mol. The van der Waals surface area contributed by atoms with E-state index in [2.05, 4.69) is 83.6 Å². The fraction of sp³-hybridized carbons (Fsp3) is 0.294. The summed E-state index contributed by atoms with van der Waals surface area (Å²) >= 11 is 3.63. The van der Waals surface area contributed by atoms with E-state index in [1.807, 2.05) is 0 Å². The first-order valence-corrected chi connectivity index (χ1v) is 7.51. The molecule has 2 aromatic rings. The van der Waals surface area contributed by atoms with Gasteiger partial charge in [-0.3, -0.25) is 0 Å². The maximum Gasteiger partial charge on any atom is 0.0487 e. The molecule has 2 aromatic carbocycles. The summed E-state index contributed by atoms with van der Waals surface area (Å²) in [6.07, 6.45) is 1.13. The highest BCUT2D eigenvalue weighted by atomic mass is 79.9. The molecule has 0 spiro atoms. The van der Waals surface area contributed by atoms with Crippen molar-refractivity contribution < 1.29 is 0 Å². The lowest BCUT2D eigenvalue weighted by molar-refractivity contribution is 0.706. The van der Waals surface area contributed by atoms with E-state index in [9.17, 15) is 0 Å². The number of rotatable bonds is 5. The largest absolute Gasteiger partial charge is 0.384 e. The van der Waals surface area contributed by atoms with Crippen LogP contribution in [0.4, 0.5) is 5.69 Å². The Kier molecular flexibility index (Phi) is 5.03. The summed E-state index contributed by atoms with van der Waals surface area (Å²) < 4.78 is 1.17. The molecule has 0 aliphatic rings. The van der Waals surface area contributed by atoms with Crippen molar-refractivity contribution in [3.05, 3.63) is 64.1 Å². The standard InChI is InChI=1S/C17H20BrN/c1-13(15-8-4-3-5-9-15)11-12-19-16-10-6-7-14(2)17(16)18/h3-10,13,19H,11-12H2,1-2H3. The molecule has 100 valence electrons. The van der Waals surface area contributed by atoms with Crippen LogP contribution in [-0.2, 0) is 0 Å². The lowest BCUT2D eigenvalue weighted by Crippen LogP contribution is -2.06. The maximum atomic E-state index is 3.63. The van der Waals surface area contributed by atoms with Crippen molar-refractivity contribution in [2.45, 2.75) is 26.2 Å². The van der Waals surface area contributed by atoms with E-state index >= 15 is 0 Å². The lowest BCUT2D eigenvalue weighted by atomic mass is 9.98. The number of hydrogen-bond acceptors (Lipinski definition) is 1. The zero-order valence-electron chi connectivity index (χ0n) is 11.5. The number of benzene rings is 2. The fourth-order valence-corrected chi connectivity index (χ4v) is 2.56. The molecule has 1 nitrogen and oxygen atoms in total. The van der Waals surface area contributed by atoms with E-state index < -0.39 is 0 Å². The molecule has 0 bridgehead atoms. The molecule has 1 N–H and O–H groups in total. The third kappa shape index (κ3) is 3.84. The molecule has 19 heavy (non-hydrogen) atoms. The molecule has 2 rings (SSSR count). The summed E-state index contributed by atoms with van der Waals surface area (Å²) in [6, 6.07) is 17.0. The van der Waals surface area contributed by atoms with Crippen molar-refractivity contribution in [1.29, 1.82) is 0 Å². The highest BCUT2D eigenvalue weighted by Crippen LogP contribution is 2.26. The molecule has 0 aromatic heterocycles. The Bertz CT molecular complexity index is 522. The highest BCUT2D eigenvalue weighted by Gasteiger charge is 2.05. The summed E-state index contributed by atoms with van der Waals surface area (Å²) in [4.78, 5) is 0. The Morgan fingerprint density at radius 1 is 1.05 bits per heavy atom. The first-order valence-electron chi connectivity index (χ1n) is 6.72. The molecular formula is C17H20BrN. The second kappa shape index (κ2) is 6.76. The van der Waals surface area contributed by atoms with E-state index in [4.69, 9.17) is 0 Å². The van der Waals surface area contributed by atoms with Gasteiger partial charge < -0.3 is 5.32 Å². The van der Waals surface area contributed by atoms with Gasteiger partial charge in [0.25, 0.3) is 0 Å². The van der Waals surface area contributed by atoms with Gasteiger partial charge in [-0.15, -0.1) is 0 Å². The SMILES string of the molecule is Cc1cccc(NCCC(C)c2ccccc2)c1Br. The maximum absolute atomic E-state index is 3.63. The molecule has 1 unspecified atom stereocenters. The smallest absolute Gasteiger partial charge is 0.0487 e. The van der Waals surface area contributed by atoms with Gasteiger partial charge in [0.05, 0.1) is 0 Å². The van der Waals surface area contributed by atoms with Gasteiger partial charge in [0.15, 0.2) is 0 Å². The third-order valence-corrected chi connectivity index (χ3v) is 4.51. The van der Waals surface area contributed by atoms with Crippen LogP contribution in [0, 0.1) is 6.92 Å². The Balaban J connectivity index is 1.88. The quantitative estimate of drug-likeness (QED) is 0.782. The highest BCUT2D eigenvalue weighted by molar-refractivity contribution is 9.10. The molecule has 0 saturated carbocycles. The van der Waals surface area contributed by atoms with Crippen LogP contribution in [0.15, 0.2) is 53.0 Å². The van der Waals surface area contributed by atoms with E-state index in [1.54, 1.807) is 0 Å². The van der Waals surface area contributed by atoms with Gasteiger partial charge in [-0.25, -0.2) is 0 Å². The Morgan fingerprint density at radius 2 is 1.79 bits per heavy atom. The van der Waals surface area contributed by atoms with Gasteiger partial charge in [0.2, 0.25) is 0 Å². The molecule has 0 saturated heterocycles. The van der Waals surface area contributed by atoms with Crippen LogP contribution in [0.5, 0.6) is 0 Å². The zero-order chi connectivity index (χ0) is 13.7. The second-order valence-electron chi connectivity index (χ2n) is 4.96. The number of anilines is 1. The molecule has 0 heterocycles. The Morgan fingerprint density at radius 3 is 2.53 bits per heavy atom. The third-order valence-electron chi connectivity index (χ3n) is 3.45. The van der Waals surface area contributed by atoms with Crippen LogP contribution in [0.2, 0.25) is 0 Å². The predicted octanol–water partition coefficient (Wildman–Crippen LogP) is 5.36. The fourth-order valence-electron chi connectivity index (χ4n) is 2.16. The van der Waals surface area contributed by atoms with Crippen molar-refractivity contribution in [3.8, 4) is 0 Å². The van der Waals surface area contributed by atoms with Crippen molar-refractivity contribution >= 4 is 21.6 Å². The summed E-state index contributed by atoms with van der Waals surface area (Å²) in [7, 11) is 0. The van der Waals surface area contributed by atoms with Gasteiger partial charge in [-0.1, -0.05) is 49.4 Å². The van der Waals surface area contributed by atoms with Gasteiger partial charge in [0.1, 0.15) is 0 Å². The van der Waals surface area contributed by atoms with Crippen molar-refractivity contribution in [2.75, 3.05) is 11.9 Å². The minimum atomic E-state index is 0.581. The van der Waals surface area contributed by atoms with Crippen LogP contribution in [0.1, 0.15) is 30.4 Å². The van der Waals surface area contributed by atoms with Crippen LogP contribution in [0.25, 0.3) is 0 Å².